The number of ether oxygens (including phenoxy) is 2. The predicted octanol–water partition coefficient (Wildman–Crippen LogP) is 3.58. The first-order valence-corrected chi connectivity index (χ1v) is 9.32. The summed E-state index contributed by atoms with van der Waals surface area (Å²) in [6.07, 6.45) is 3.50. The van der Waals surface area contributed by atoms with Gasteiger partial charge >= 0.3 is 6.09 Å². The van der Waals surface area contributed by atoms with Crippen molar-refractivity contribution in [2.75, 3.05) is 14.2 Å². The zero-order valence-corrected chi connectivity index (χ0v) is 17.8. The van der Waals surface area contributed by atoms with Crippen LogP contribution in [0.4, 0.5) is 4.79 Å². The van der Waals surface area contributed by atoms with Crippen LogP contribution in [0.25, 0.3) is 6.08 Å². The zero-order chi connectivity index (χ0) is 21.4. The van der Waals surface area contributed by atoms with E-state index in [0.717, 1.165) is 33.8 Å². The lowest BCUT2D eigenvalue weighted by atomic mass is 9.96. The first kappa shape index (κ1) is 23.3. The first-order chi connectivity index (χ1) is 13.1. The quantitative estimate of drug-likeness (QED) is 0.597. The van der Waals surface area contributed by atoms with Gasteiger partial charge in [0.15, 0.2) is 0 Å². The van der Waals surface area contributed by atoms with Crippen molar-refractivity contribution in [3.05, 3.63) is 28.3 Å². The Morgan fingerprint density at radius 3 is 2.07 bits per heavy atom. The Morgan fingerprint density at radius 1 is 1.00 bits per heavy atom. The molecule has 1 aromatic rings. The third kappa shape index (κ3) is 5.90. The molecule has 1 atom stereocenters. The van der Waals surface area contributed by atoms with Crippen molar-refractivity contribution in [2.24, 2.45) is 0 Å². The molecule has 0 radical (unpaired) electrons. The number of nitrogens with one attached hydrogen (secondary N) is 2. The van der Waals surface area contributed by atoms with Gasteiger partial charge < -0.3 is 25.2 Å². The largest absolute Gasteiger partial charge is 0.496 e. The minimum absolute atomic E-state index is 0.0592. The van der Waals surface area contributed by atoms with E-state index in [9.17, 15) is 9.59 Å². The summed E-state index contributed by atoms with van der Waals surface area (Å²) in [5, 5.41) is 14.0. The number of hydrogen-bond donors (Lipinski definition) is 3. The van der Waals surface area contributed by atoms with Crippen molar-refractivity contribution in [3.63, 3.8) is 0 Å². The fraction of sp³-hybridized carbons (Fsp3) is 0.524. The third-order valence-corrected chi connectivity index (χ3v) is 4.59. The molecular weight excluding hydrogens is 360 g/mol. The topological polar surface area (TPSA) is 96.9 Å². The summed E-state index contributed by atoms with van der Waals surface area (Å²) in [4.78, 5) is 23.2. The van der Waals surface area contributed by atoms with Gasteiger partial charge in [-0.3, -0.25) is 4.79 Å². The summed E-state index contributed by atoms with van der Waals surface area (Å²) < 4.78 is 11.1. The number of carbonyl (C=O) groups excluding carboxylic acids is 1. The highest BCUT2D eigenvalue weighted by Crippen LogP contribution is 2.38. The van der Waals surface area contributed by atoms with Gasteiger partial charge in [-0.05, 0) is 58.6 Å². The van der Waals surface area contributed by atoms with Crippen molar-refractivity contribution in [1.82, 2.24) is 10.6 Å². The Hall–Kier alpha value is -2.70. The average Bonchev–Trinajstić information content (AvgIpc) is 2.61. The normalized spacial score (nSPS) is 12.1. The lowest BCUT2D eigenvalue weighted by molar-refractivity contribution is -0.123. The number of methoxy groups -OCH3 is 2. The maximum Gasteiger partial charge on any atom is 0.405 e. The van der Waals surface area contributed by atoms with E-state index in [4.69, 9.17) is 14.6 Å². The molecule has 0 aliphatic rings. The van der Waals surface area contributed by atoms with Crippen LogP contribution >= 0.6 is 0 Å². The van der Waals surface area contributed by atoms with E-state index < -0.39 is 12.1 Å². The summed E-state index contributed by atoms with van der Waals surface area (Å²) in [5.41, 5.74) is 3.92. The Morgan fingerprint density at radius 2 is 1.57 bits per heavy atom. The molecule has 0 bridgehead atoms. The maximum atomic E-state index is 12.2. The zero-order valence-electron chi connectivity index (χ0n) is 17.8. The summed E-state index contributed by atoms with van der Waals surface area (Å²) >= 11 is 0. The molecule has 3 N–H and O–H groups in total. The van der Waals surface area contributed by atoms with Gasteiger partial charge in [0.05, 0.1) is 14.2 Å². The van der Waals surface area contributed by atoms with Crippen LogP contribution in [0.3, 0.4) is 0 Å². The number of rotatable bonds is 9. The fourth-order valence-corrected chi connectivity index (χ4v) is 3.15. The highest BCUT2D eigenvalue weighted by molar-refractivity contribution is 5.85. The molecule has 0 spiro atoms. The molecule has 1 unspecified atom stereocenters. The van der Waals surface area contributed by atoms with Crippen LogP contribution in [0.1, 0.15) is 48.9 Å². The van der Waals surface area contributed by atoms with Crippen molar-refractivity contribution in [1.29, 1.82) is 0 Å². The van der Waals surface area contributed by atoms with Gasteiger partial charge in [-0.2, -0.15) is 0 Å². The van der Waals surface area contributed by atoms with Gasteiger partial charge in [0.25, 0.3) is 0 Å². The molecule has 0 fully saturated rings. The lowest BCUT2D eigenvalue weighted by Crippen LogP contribution is -2.48. The molecule has 0 aromatic heterocycles. The molecule has 7 nitrogen and oxygen atoms in total. The van der Waals surface area contributed by atoms with Crippen LogP contribution < -0.4 is 20.1 Å². The number of carbonyl (C=O) groups is 2. The Labute approximate surface area is 167 Å². The summed E-state index contributed by atoms with van der Waals surface area (Å²) in [7, 11) is 3.28. The van der Waals surface area contributed by atoms with E-state index in [2.05, 4.69) is 10.6 Å². The molecule has 0 heterocycles. The van der Waals surface area contributed by atoms with Crippen molar-refractivity contribution < 1.29 is 24.2 Å². The van der Waals surface area contributed by atoms with Crippen molar-refractivity contribution >= 4 is 18.1 Å². The van der Waals surface area contributed by atoms with Crippen LogP contribution in [0.15, 0.2) is 6.08 Å². The molecule has 1 aromatic carbocycles. The maximum absolute atomic E-state index is 12.2. The smallest absolute Gasteiger partial charge is 0.405 e. The van der Waals surface area contributed by atoms with E-state index in [1.165, 1.54) is 0 Å². The molecule has 0 aliphatic heterocycles. The Bertz CT molecular complexity index is 741. The minimum atomic E-state index is -1.22. The highest BCUT2D eigenvalue weighted by Gasteiger charge is 2.20. The minimum Gasteiger partial charge on any atom is -0.496 e. The first-order valence-electron chi connectivity index (χ1n) is 9.32. The van der Waals surface area contributed by atoms with Gasteiger partial charge in [-0.1, -0.05) is 12.2 Å². The van der Waals surface area contributed by atoms with E-state index in [1.54, 1.807) is 14.2 Å². The summed E-state index contributed by atoms with van der Waals surface area (Å²) in [6.45, 7) is 9.61. The number of hydrogen-bond acceptors (Lipinski definition) is 4. The second-order valence-corrected chi connectivity index (χ2v) is 7.00. The Balaban J connectivity index is 3.01. The molecule has 2 amide bonds. The van der Waals surface area contributed by atoms with Gasteiger partial charge in [-0.25, -0.2) is 4.79 Å². The summed E-state index contributed by atoms with van der Waals surface area (Å²) in [5.74, 6) is 1.27. The monoisotopic (exact) mass is 392 g/mol. The second-order valence-electron chi connectivity index (χ2n) is 7.00. The van der Waals surface area contributed by atoms with E-state index in [1.807, 2.05) is 46.8 Å². The van der Waals surface area contributed by atoms with Gasteiger partial charge in [-0.15, -0.1) is 0 Å². The van der Waals surface area contributed by atoms with Crippen molar-refractivity contribution in [2.45, 2.75) is 59.5 Å². The van der Waals surface area contributed by atoms with Crippen molar-refractivity contribution in [3.8, 4) is 11.5 Å². The predicted molar refractivity (Wildman–Crippen MR) is 110 cm³/mol. The van der Waals surface area contributed by atoms with Gasteiger partial charge in [0, 0.05) is 17.2 Å². The molecule has 7 heteroatoms. The van der Waals surface area contributed by atoms with E-state index in [-0.39, 0.29) is 11.9 Å². The average molecular weight is 392 g/mol. The van der Waals surface area contributed by atoms with Crippen LogP contribution in [0.5, 0.6) is 11.5 Å². The van der Waals surface area contributed by atoms with E-state index in [0.29, 0.717) is 12.8 Å². The molecule has 0 saturated heterocycles. The lowest BCUT2D eigenvalue weighted by Gasteiger charge is -2.19. The highest BCUT2D eigenvalue weighted by atomic mass is 16.5. The van der Waals surface area contributed by atoms with Crippen LogP contribution in [0, 0.1) is 20.8 Å². The van der Waals surface area contributed by atoms with Crippen LogP contribution in [-0.2, 0) is 4.79 Å². The van der Waals surface area contributed by atoms with Gasteiger partial charge in [0.1, 0.15) is 17.5 Å². The second kappa shape index (κ2) is 10.6. The molecule has 0 saturated carbocycles. The van der Waals surface area contributed by atoms with E-state index >= 15 is 0 Å². The number of carboxylic acid groups (broad SMARTS) is 1. The standard InChI is InChI=1S/C21H32N2O5/c1-12(2)22-20(24)17(23-21(25)26)11-9-8-10-16-15(5)18(27-6)13(3)14(4)19(16)28-7/h8,10,12,17,23H,9,11H2,1-7H3,(H,22,24)(H,25,26). The molecule has 28 heavy (non-hydrogen) atoms. The van der Waals surface area contributed by atoms with Gasteiger partial charge in [0.2, 0.25) is 5.91 Å². The Kier molecular flexibility index (Phi) is 8.82. The molecule has 156 valence electrons. The van der Waals surface area contributed by atoms with Crippen LogP contribution in [-0.4, -0.2) is 43.4 Å². The number of amides is 2. The van der Waals surface area contributed by atoms with Crippen LogP contribution in [0.2, 0.25) is 0 Å². The summed E-state index contributed by atoms with van der Waals surface area (Å²) in [6, 6.07) is -0.863. The third-order valence-electron chi connectivity index (χ3n) is 4.59. The fourth-order valence-electron chi connectivity index (χ4n) is 3.15. The molecule has 0 aliphatic carbocycles. The SMILES string of the molecule is COc1c(C)c(C)c(OC)c(C=CCCC(NC(=O)O)C(=O)NC(C)C)c1C. The molecular formula is C21H32N2O5. The molecule has 1 rings (SSSR count). The number of allylic oxidation sites excluding steroid dienone is 1. The number of benzene rings is 1.